The molecule has 0 aliphatic carbocycles. The van der Waals surface area contributed by atoms with E-state index in [1.165, 1.54) is 0 Å². The molecule has 3 unspecified atom stereocenters. The number of nitrogens with zero attached hydrogens (tertiary/aromatic N) is 2. The molecule has 3 N–H and O–H groups in total. The average molecular weight is 278 g/mol. The molecule has 0 saturated carbocycles. The first kappa shape index (κ1) is 14.9. The molecule has 0 radical (unpaired) electrons. The van der Waals surface area contributed by atoms with Crippen LogP contribution in [0.2, 0.25) is 0 Å². The second kappa shape index (κ2) is 6.78. The van der Waals surface area contributed by atoms with Crippen LogP contribution in [0, 0.1) is 0 Å². The lowest BCUT2D eigenvalue weighted by Gasteiger charge is -2.41. The standard InChI is InChI=1S/C14H22N4O2/c1-10(15)13(11-4-3-5-17-8-11)18-6-7-20-9-12(18)14(19)16-2/h3-5,8,10,12-13H,6-7,9,15H2,1-2H3,(H,16,19). The number of amides is 1. The topological polar surface area (TPSA) is 80.5 Å². The van der Waals surface area contributed by atoms with E-state index in [4.69, 9.17) is 10.5 Å². The Morgan fingerprint density at radius 2 is 2.45 bits per heavy atom. The van der Waals surface area contributed by atoms with Crippen LogP contribution in [0.4, 0.5) is 0 Å². The molecule has 6 heteroatoms. The lowest BCUT2D eigenvalue weighted by molar-refractivity contribution is -0.134. The highest BCUT2D eigenvalue weighted by atomic mass is 16.5. The third-order valence-electron chi connectivity index (χ3n) is 3.60. The van der Waals surface area contributed by atoms with Gasteiger partial charge in [0.1, 0.15) is 6.04 Å². The molecule has 3 atom stereocenters. The second-order valence-corrected chi connectivity index (χ2v) is 5.03. The molecular formula is C14H22N4O2. The summed E-state index contributed by atoms with van der Waals surface area (Å²) in [6, 6.07) is 3.42. The normalized spacial score (nSPS) is 23.1. The summed E-state index contributed by atoms with van der Waals surface area (Å²) in [5, 5.41) is 2.69. The van der Waals surface area contributed by atoms with Crippen molar-refractivity contribution in [2.45, 2.75) is 25.0 Å². The molecule has 1 amide bonds. The van der Waals surface area contributed by atoms with E-state index < -0.39 is 0 Å². The molecule has 20 heavy (non-hydrogen) atoms. The van der Waals surface area contributed by atoms with Crippen LogP contribution in [0.1, 0.15) is 18.5 Å². The molecule has 0 bridgehead atoms. The van der Waals surface area contributed by atoms with E-state index in [1.54, 1.807) is 13.2 Å². The number of likely N-dealkylation sites (N-methyl/N-ethyl adjacent to an activating group) is 1. The Morgan fingerprint density at radius 1 is 1.65 bits per heavy atom. The number of nitrogens with one attached hydrogen (secondary N) is 1. The van der Waals surface area contributed by atoms with Gasteiger partial charge < -0.3 is 15.8 Å². The molecular weight excluding hydrogens is 256 g/mol. The summed E-state index contributed by atoms with van der Waals surface area (Å²) in [7, 11) is 1.64. The molecule has 0 spiro atoms. The number of nitrogens with two attached hydrogens (primary N) is 1. The van der Waals surface area contributed by atoms with Gasteiger partial charge in [-0.25, -0.2) is 0 Å². The monoisotopic (exact) mass is 278 g/mol. The van der Waals surface area contributed by atoms with Gasteiger partial charge in [0, 0.05) is 32.0 Å². The van der Waals surface area contributed by atoms with E-state index in [0.717, 1.165) is 5.56 Å². The smallest absolute Gasteiger partial charge is 0.239 e. The van der Waals surface area contributed by atoms with E-state index in [9.17, 15) is 4.79 Å². The molecule has 1 saturated heterocycles. The minimum absolute atomic E-state index is 0.0424. The van der Waals surface area contributed by atoms with E-state index >= 15 is 0 Å². The third-order valence-corrected chi connectivity index (χ3v) is 3.60. The first-order valence-corrected chi connectivity index (χ1v) is 6.85. The van der Waals surface area contributed by atoms with Crippen LogP contribution in [0.15, 0.2) is 24.5 Å². The van der Waals surface area contributed by atoms with E-state index in [1.807, 2.05) is 25.3 Å². The molecule has 2 rings (SSSR count). The number of aromatic nitrogens is 1. The van der Waals surface area contributed by atoms with E-state index in [2.05, 4.69) is 15.2 Å². The Kier molecular flexibility index (Phi) is 5.05. The zero-order chi connectivity index (χ0) is 14.5. The highest BCUT2D eigenvalue weighted by Gasteiger charge is 2.36. The summed E-state index contributed by atoms with van der Waals surface area (Å²) in [6.45, 7) is 3.63. The zero-order valence-electron chi connectivity index (χ0n) is 12.0. The van der Waals surface area contributed by atoms with Crippen molar-refractivity contribution in [2.24, 2.45) is 5.73 Å². The van der Waals surface area contributed by atoms with Gasteiger partial charge in [0.25, 0.3) is 0 Å². The van der Waals surface area contributed by atoms with Gasteiger partial charge in [0.15, 0.2) is 0 Å². The predicted molar refractivity (Wildman–Crippen MR) is 76.0 cm³/mol. The maximum absolute atomic E-state index is 12.0. The molecule has 2 heterocycles. The van der Waals surface area contributed by atoms with Crippen molar-refractivity contribution in [3.63, 3.8) is 0 Å². The Balaban J connectivity index is 2.29. The Bertz CT molecular complexity index is 438. The van der Waals surface area contributed by atoms with Crippen LogP contribution in [-0.2, 0) is 9.53 Å². The average Bonchev–Trinajstić information content (AvgIpc) is 2.48. The largest absolute Gasteiger partial charge is 0.378 e. The van der Waals surface area contributed by atoms with Gasteiger partial charge in [0.05, 0.1) is 19.3 Å². The minimum Gasteiger partial charge on any atom is -0.378 e. The fourth-order valence-electron chi connectivity index (χ4n) is 2.69. The number of morpholine rings is 1. The van der Waals surface area contributed by atoms with E-state index in [-0.39, 0.29) is 24.0 Å². The van der Waals surface area contributed by atoms with Crippen LogP contribution in [-0.4, -0.2) is 54.7 Å². The van der Waals surface area contributed by atoms with Gasteiger partial charge in [0.2, 0.25) is 5.91 Å². The van der Waals surface area contributed by atoms with Crippen LogP contribution in [0.25, 0.3) is 0 Å². The number of pyridine rings is 1. The van der Waals surface area contributed by atoms with Gasteiger partial charge >= 0.3 is 0 Å². The van der Waals surface area contributed by atoms with Crippen molar-refractivity contribution in [3.05, 3.63) is 30.1 Å². The van der Waals surface area contributed by atoms with Gasteiger partial charge in [-0.05, 0) is 18.6 Å². The molecule has 1 aliphatic rings. The van der Waals surface area contributed by atoms with Crippen molar-refractivity contribution in [3.8, 4) is 0 Å². The fourth-order valence-corrected chi connectivity index (χ4v) is 2.69. The molecule has 1 fully saturated rings. The number of hydrogen-bond acceptors (Lipinski definition) is 5. The van der Waals surface area contributed by atoms with Gasteiger partial charge in [-0.15, -0.1) is 0 Å². The summed E-state index contributed by atoms with van der Waals surface area (Å²) in [5.41, 5.74) is 7.19. The summed E-state index contributed by atoms with van der Waals surface area (Å²) in [5.74, 6) is -0.0424. The molecule has 6 nitrogen and oxygen atoms in total. The molecule has 1 aromatic heterocycles. The van der Waals surface area contributed by atoms with Gasteiger partial charge in [-0.1, -0.05) is 6.07 Å². The lowest BCUT2D eigenvalue weighted by Crippen LogP contribution is -2.56. The minimum atomic E-state index is -0.315. The first-order valence-electron chi connectivity index (χ1n) is 6.85. The summed E-state index contributed by atoms with van der Waals surface area (Å²) >= 11 is 0. The summed E-state index contributed by atoms with van der Waals surface area (Å²) in [4.78, 5) is 18.3. The Hall–Kier alpha value is -1.50. The lowest BCUT2D eigenvalue weighted by atomic mass is 9.98. The highest BCUT2D eigenvalue weighted by molar-refractivity contribution is 5.81. The molecule has 1 aromatic rings. The maximum atomic E-state index is 12.0. The second-order valence-electron chi connectivity index (χ2n) is 5.03. The fraction of sp³-hybridized carbons (Fsp3) is 0.571. The predicted octanol–water partition coefficient (Wildman–Crippen LogP) is -0.0833. The molecule has 1 aliphatic heterocycles. The number of carbonyl (C=O) groups excluding carboxylic acids is 1. The van der Waals surface area contributed by atoms with Crippen molar-refractivity contribution in [1.29, 1.82) is 0 Å². The van der Waals surface area contributed by atoms with Gasteiger partial charge in [-0.3, -0.25) is 14.7 Å². The molecule has 110 valence electrons. The quantitative estimate of drug-likeness (QED) is 0.805. The van der Waals surface area contributed by atoms with E-state index in [0.29, 0.717) is 19.8 Å². The van der Waals surface area contributed by atoms with Crippen LogP contribution in [0.5, 0.6) is 0 Å². The number of hydrogen-bond donors (Lipinski definition) is 2. The number of rotatable bonds is 4. The molecule has 0 aromatic carbocycles. The summed E-state index contributed by atoms with van der Waals surface area (Å²) in [6.07, 6.45) is 3.54. The van der Waals surface area contributed by atoms with Crippen molar-refractivity contribution >= 4 is 5.91 Å². The highest BCUT2D eigenvalue weighted by Crippen LogP contribution is 2.26. The van der Waals surface area contributed by atoms with Crippen LogP contribution in [0.3, 0.4) is 0 Å². The number of ether oxygens (including phenoxy) is 1. The third kappa shape index (κ3) is 3.15. The van der Waals surface area contributed by atoms with Crippen LogP contribution < -0.4 is 11.1 Å². The zero-order valence-corrected chi connectivity index (χ0v) is 12.0. The van der Waals surface area contributed by atoms with Gasteiger partial charge in [-0.2, -0.15) is 0 Å². The van der Waals surface area contributed by atoms with Crippen molar-refractivity contribution in [1.82, 2.24) is 15.2 Å². The number of carbonyl (C=O) groups is 1. The van der Waals surface area contributed by atoms with Crippen LogP contribution >= 0.6 is 0 Å². The maximum Gasteiger partial charge on any atom is 0.239 e. The SMILES string of the molecule is CNC(=O)C1COCCN1C(c1cccnc1)C(C)N. The van der Waals surface area contributed by atoms with Crippen molar-refractivity contribution < 1.29 is 9.53 Å². The van der Waals surface area contributed by atoms with Crippen molar-refractivity contribution in [2.75, 3.05) is 26.8 Å². The Morgan fingerprint density at radius 3 is 3.05 bits per heavy atom. The Labute approximate surface area is 119 Å². The summed E-state index contributed by atoms with van der Waals surface area (Å²) < 4.78 is 5.44. The first-order chi connectivity index (χ1) is 9.65.